The number of halogens is 1. The minimum Gasteiger partial charge on any atom is -0.340 e. The summed E-state index contributed by atoms with van der Waals surface area (Å²) in [5, 5.41) is 0. The largest absolute Gasteiger partial charge is 0.340 e. The van der Waals surface area contributed by atoms with Crippen molar-refractivity contribution in [1.29, 1.82) is 0 Å². The molecular formula is C18H19FN2O4S3. The van der Waals surface area contributed by atoms with Gasteiger partial charge in [-0.15, -0.1) is 0 Å². The van der Waals surface area contributed by atoms with Crippen LogP contribution >= 0.6 is 24.0 Å². The molecule has 0 radical (unpaired) electrons. The zero-order valence-electron chi connectivity index (χ0n) is 15.3. The van der Waals surface area contributed by atoms with E-state index < -0.39 is 33.6 Å². The van der Waals surface area contributed by atoms with Crippen molar-refractivity contribution >= 4 is 56.0 Å². The monoisotopic (exact) mass is 442 g/mol. The molecule has 2 fully saturated rings. The third-order valence-corrected chi connectivity index (χ3v) is 7.90. The zero-order valence-corrected chi connectivity index (χ0v) is 17.7. The molecule has 2 amide bonds. The molecule has 3 rings (SSSR count). The second-order valence-corrected chi connectivity index (χ2v) is 10.7. The van der Waals surface area contributed by atoms with E-state index in [2.05, 4.69) is 0 Å². The van der Waals surface area contributed by atoms with Gasteiger partial charge in [0.1, 0.15) is 16.2 Å². The molecule has 2 aliphatic heterocycles. The Morgan fingerprint density at radius 3 is 2.79 bits per heavy atom. The minimum atomic E-state index is -3.13. The van der Waals surface area contributed by atoms with E-state index in [-0.39, 0.29) is 21.7 Å². The molecule has 150 valence electrons. The number of hydrogen-bond donors (Lipinski definition) is 0. The van der Waals surface area contributed by atoms with E-state index in [0.29, 0.717) is 16.9 Å². The summed E-state index contributed by atoms with van der Waals surface area (Å²) in [5.41, 5.74) is 0.521. The summed E-state index contributed by atoms with van der Waals surface area (Å²) in [6.45, 7) is 1.57. The van der Waals surface area contributed by atoms with Crippen molar-refractivity contribution in [2.75, 3.05) is 18.6 Å². The lowest BCUT2D eigenvalue weighted by Gasteiger charge is -2.30. The average molecular weight is 443 g/mol. The number of thiocarbonyl (C=S) groups is 1. The first-order chi connectivity index (χ1) is 13.1. The Morgan fingerprint density at radius 2 is 2.18 bits per heavy atom. The predicted molar refractivity (Wildman–Crippen MR) is 111 cm³/mol. The van der Waals surface area contributed by atoms with Gasteiger partial charge in [0.05, 0.1) is 16.4 Å². The maximum Gasteiger partial charge on any atom is 0.266 e. The highest BCUT2D eigenvalue weighted by Crippen LogP contribution is 2.34. The van der Waals surface area contributed by atoms with E-state index in [1.165, 1.54) is 28.0 Å². The number of benzene rings is 1. The topological polar surface area (TPSA) is 74.8 Å². The van der Waals surface area contributed by atoms with Crippen molar-refractivity contribution in [2.24, 2.45) is 0 Å². The third kappa shape index (κ3) is 4.28. The van der Waals surface area contributed by atoms with Gasteiger partial charge in [-0.2, -0.15) is 0 Å². The van der Waals surface area contributed by atoms with Crippen LogP contribution in [0, 0.1) is 5.82 Å². The van der Waals surface area contributed by atoms with Gasteiger partial charge in [0.25, 0.3) is 5.91 Å². The van der Waals surface area contributed by atoms with Crippen molar-refractivity contribution < 1.29 is 22.4 Å². The van der Waals surface area contributed by atoms with Gasteiger partial charge in [0.2, 0.25) is 5.91 Å². The van der Waals surface area contributed by atoms with Gasteiger partial charge >= 0.3 is 0 Å². The highest BCUT2D eigenvalue weighted by Gasteiger charge is 2.41. The van der Waals surface area contributed by atoms with Crippen LogP contribution in [0.15, 0.2) is 29.2 Å². The Morgan fingerprint density at radius 1 is 1.46 bits per heavy atom. The predicted octanol–water partition coefficient (Wildman–Crippen LogP) is 2.06. The van der Waals surface area contributed by atoms with Gasteiger partial charge in [0, 0.05) is 13.1 Å². The van der Waals surface area contributed by atoms with E-state index in [0.717, 1.165) is 11.8 Å². The summed E-state index contributed by atoms with van der Waals surface area (Å²) in [4.78, 5) is 28.5. The molecule has 0 N–H and O–H groups in total. The van der Waals surface area contributed by atoms with Crippen LogP contribution in [-0.2, 0) is 19.4 Å². The minimum absolute atomic E-state index is 0.0566. The molecule has 0 spiro atoms. The molecule has 6 nitrogen and oxygen atoms in total. The summed E-state index contributed by atoms with van der Waals surface area (Å²) < 4.78 is 37.0. The number of carbonyl (C=O) groups excluding carboxylic acids is 2. The quantitative estimate of drug-likeness (QED) is 0.525. The highest BCUT2D eigenvalue weighted by atomic mass is 32.2. The van der Waals surface area contributed by atoms with Gasteiger partial charge in [-0.25, -0.2) is 12.8 Å². The molecule has 2 saturated heterocycles. The molecule has 0 aliphatic carbocycles. The number of hydrogen-bond acceptors (Lipinski definition) is 6. The second-order valence-electron chi connectivity index (χ2n) is 6.79. The molecule has 2 aliphatic rings. The van der Waals surface area contributed by atoms with E-state index >= 15 is 0 Å². The molecule has 10 heteroatoms. The molecule has 0 saturated carbocycles. The number of rotatable bonds is 4. The summed E-state index contributed by atoms with van der Waals surface area (Å²) in [6.07, 6.45) is 1.92. The molecule has 0 bridgehead atoms. The van der Waals surface area contributed by atoms with Crippen molar-refractivity contribution in [3.8, 4) is 0 Å². The normalized spacial score (nSPS) is 24.0. The van der Waals surface area contributed by atoms with E-state index in [1.54, 1.807) is 26.1 Å². The Kier molecular flexibility index (Phi) is 5.92. The summed E-state index contributed by atoms with van der Waals surface area (Å²) in [5.74, 6) is -1.22. The second kappa shape index (κ2) is 7.92. The Bertz CT molecular complexity index is 977. The fourth-order valence-electron chi connectivity index (χ4n) is 3.23. The first-order valence-electron chi connectivity index (χ1n) is 8.59. The first-order valence-corrected chi connectivity index (χ1v) is 11.6. The van der Waals surface area contributed by atoms with Gasteiger partial charge in [-0.05, 0) is 37.1 Å². The van der Waals surface area contributed by atoms with Crippen molar-refractivity contribution in [3.63, 3.8) is 0 Å². The van der Waals surface area contributed by atoms with E-state index in [1.807, 2.05) is 0 Å². The first kappa shape index (κ1) is 20.9. The number of amides is 2. The molecule has 28 heavy (non-hydrogen) atoms. The molecule has 2 unspecified atom stereocenters. The summed E-state index contributed by atoms with van der Waals surface area (Å²) in [7, 11) is -1.59. The lowest BCUT2D eigenvalue weighted by molar-refractivity contribution is -0.139. The van der Waals surface area contributed by atoms with Crippen LogP contribution in [0.25, 0.3) is 6.08 Å². The average Bonchev–Trinajstić information content (AvgIpc) is 3.12. The van der Waals surface area contributed by atoms with Crippen LogP contribution in [0.2, 0.25) is 0 Å². The lowest BCUT2D eigenvalue weighted by Crippen LogP contribution is -2.50. The summed E-state index contributed by atoms with van der Waals surface area (Å²) >= 11 is 6.33. The number of nitrogens with zero attached hydrogens (tertiary/aromatic N) is 2. The maximum absolute atomic E-state index is 13.4. The fraction of sp³-hybridized carbons (Fsp3) is 0.389. The molecule has 2 heterocycles. The smallest absolute Gasteiger partial charge is 0.266 e. The van der Waals surface area contributed by atoms with Gasteiger partial charge in [-0.1, -0.05) is 36.1 Å². The van der Waals surface area contributed by atoms with Crippen molar-refractivity contribution in [3.05, 3.63) is 40.6 Å². The van der Waals surface area contributed by atoms with Crippen molar-refractivity contribution in [1.82, 2.24) is 9.80 Å². The Hall–Kier alpha value is -1.78. The Balaban J connectivity index is 1.76. The zero-order chi connectivity index (χ0) is 20.6. The fourth-order valence-corrected chi connectivity index (χ4v) is 6.42. The number of carbonyl (C=O) groups is 2. The standard InChI is InChI=1S/C18H19FN2O4S3/c1-11(16(22)20(2)14-6-7-28(24,25)10-14)21-17(23)15(27-18(21)26)9-12-4-3-5-13(19)8-12/h3-5,8-9,11,14H,6-7,10H2,1-2H3. The lowest BCUT2D eigenvalue weighted by atomic mass is 10.1. The number of thioether (sulfide) groups is 1. The maximum atomic E-state index is 13.4. The molecular weight excluding hydrogens is 423 g/mol. The van der Waals surface area contributed by atoms with E-state index in [4.69, 9.17) is 12.2 Å². The third-order valence-electron chi connectivity index (χ3n) is 4.82. The molecule has 2 atom stereocenters. The van der Waals surface area contributed by atoms with Crippen LogP contribution in [0.5, 0.6) is 0 Å². The Labute approximate surface area is 172 Å². The van der Waals surface area contributed by atoms with Gasteiger partial charge in [0.15, 0.2) is 9.84 Å². The van der Waals surface area contributed by atoms with Crippen LogP contribution in [0.4, 0.5) is 4.39 Å². The SMILES string of the molecule is CC(C(=O)N(C)C1CCS(=O)(=O)C1)N1C(=O)C(=Cc2cccc(F)c2)SC1=S. The van der Waals surface area contributed by atoms with Crippen LogP contribution in [0.3, 0.4) is 0 Å². The molecule has 1 aromatic carbocycles. The van der Waals surface area contributed by atoms with Crippen LogP contribution < -0.4 is 0 Å². The van der Waals surface area contributed by atoms with Crippen LogP contribution in [0.1, 0.15) is 18.9 Å². The van der Waals surface area contributed by atoms with E-state index in [9.17, 15) is 22.4 Å². The number of sulfone groups is 1. The highest BCUT2D eigenvalue weighted by molar-refractivity contribution is 8.26. The van der Waals surface area contributed by atoms with Gasteiger partial charge in [-0.3, -0.25) is 14.5 Å². The van der Waals surface area contributed by atoms with Crippen molar-refractivity contribution in [2.45, 2.75) is 25.4 Å². The summed E-state index contributed by atoms with van der Waals surface area (Å²) in [6, 6.07) is 4.55. The molecule has 0 aromatic heterocycles. The molecule has 1 aromatic rings. The number of likely N-dealkylation sites (N-methyl/N-ethyl adjacent to an activating group) is 1. The van der Waals surface area contributed by atoms with Crippen LogP contribution in [-0.4, -0.2) is 65.0 Å². The van der Waals surface area contributed by atoms with Gasteiger partial charge < -0.3 is 4.90 Å².